The highest BCUT2D eigenvalue weighted by atomic mass is 16.6. The molecule has 7 heteroatoms. The molecule has 1 aliphatic heterocycles. The van der Waals surface area contributed by atoms with Gasteiger partial charge in [0.05, 0.1) is 31.3 Å². The molecule has 0 radical (unpaired) electrons. The molecule has 5 atom stereocenters. The monoisotopic (exact) mass is 249 g/mol. The van der Waals surface area contributed by atoms with E-state index in [1.54, 1.807) is 6.92 Å². The van der Waals surface area contributed by atoms with E-state index in [-0.39, 0.29) is 25.5 Å². The van der Waals surface area contributed by atoms with Crippen LogP contribution in [0.25, 0.3) is 0 Å². The highest BCUT2D eigenvalue weighted by Gasteiger charge is 2.41. The summed E-state index contributed by atoms with van der Waals surface area (Å²) in [6.45, 7) is 1.55. The number of carboxylic acid groups (broad SMARTS) is 1. The zero-order valence-electron chi connectivity index (χ0n) is 9.61. The Labute approximate surface area is 99.0 Å². The molecule has 1 aliphatic rings. The zero-order valence-corrected chi connectivity index (χ0v) is 9.61. The molecule has 7 nitrogen and oxygen atoms in total. The van der Waals surface area contributed by atoms with Crippen molar-refractivity contribution in [3.8, 4) is 0 Å². The number of aliphatic hydroxyl groups excluding tert-OH is 3. The standard InChI is InChI=1S/C10H19NO6/c1-5-6(4-12)17-10(16)8(9(5)15)11-3-2-7(13)14/h5-6,8-12,15-16H,2-4H2,1H3,(H,13,14). The SMILES string of the molecule is CC1C(CO)OC(O)C(NCCC(=O)O)C1O. The quantitative estimate of drug-likeness (QED) is 0.387. The summed E-state index contributed by atoms with van der Waals surface area (Å²) in [5, 5.41) is 39.7. The van der Waals surface area contributed by atoms with E-state index in [4.69, 9.17) is 14.9 Å². The largest absolute Gasteiger partial charge is 0.481 e. The molecule has 1 rings (SSSR count). The normalized spacial score (nSPS) is 38.0. The van der Waals surface area contributed by atoms with Crippen LogP contribution in [-0.2, 0) is 9.53 Å². The fraction of sp³-hybridized carbons (Fsp3) is 0.900. The Kier molecular flexibility index (Phi) is 5.29. The van der Waals surface area contributed by atoms with Crippen molar-refractivity contribution in [2.24, 2.45) is 5.92 Å². The van der Waals surface area contributed by atoms with Gasteiger partial charge in [-0.3, -0.25) is 4.79 Å². The van der Waals surface area contributed by atoms with Crippen LogP contribution in [0.2, 0.25) is 0 Å². The van der Waals surface area contributed by atoms with Crippen molar-refractivity contribution < 1.29 is 30.0 Å². The Morgan fingerprint density at radius 2 is 2.06 bits per heavy atom. The van der Waals surface area contributed by atoms with Gasteiger partial charge in [-0.05, 0) is 0 Å². The van der Waals surface area contributed by atoms with Gasteiger partial charge in [-0.25, -0.2) is 0 Å². The molecule has 0 bridgehead atoms. The lowest BCUT2D eigenvalue weighted by Crippen LogP contribution is -2.60. The topological polar surface area (TPSA) is 119 Å². The minimum atomic E-state index is -1.26. The second-order valence-electron chi connectivity index (χ2n) is 4.22. The Bertz CT molecular complexity index is 261. The van der Waals surface area contributed by atoms with Crippen molar-refractivity contribution in [3.05, 3.63) is 0 Å². The van der Waals surface area contributed by atoms with E-state index in [2.05, 4.69) is 5.32 Å². The first-order valence-corrected chi connectivity index (χ1v) is 5.55. The van der Waals surface area contributed by atoms with Crippen LogP contribution in [0.15, 0.2) is 0 Å². The van der Waals surface area contributed by atoms with Crippen LogP contribution in [-0.4, -0.2) is 64.1 Å². The summed E-state index contributed by atoms with van der Waals surface area (Å²) in [4.78, 5) is 10.3. The van der Waals surface area contributed by atoms with Gasteiger partial charge in [0.25, 0.3) is 0 Å². The Morgan fingerprint density at radius 1 is 1.41 bits per heavy atom. The van der Waals surface area contributed by atoms with Gasteiger partial charge >= 0.3 is 5.97 Å². The van der Waals surface area contributed by atoms with Crippen LogP contribution in [0.5, 0.6) is 0 Å². The molecule has 0 aromatic rings. The lowest BCUT2D eigenvalue weighted by atomic mass is 9.89. The Morgan fingerprint density at radius 3 is 2.59 bits per heavy atom. The molecule has 0 saturated carbocycles. The van der Waals surface area contributed by atoms with Crippen molar-refractivity contribution in [3.63, 3.8) is 0 Å². The minimum absolute atomic E-state index is 0.103. The van der Waals surface area contributed by atoms with Crippen LogP contribution in [0, 0.1) is 5.92 Å². The smallest absolute Gasteiger partial charge is 0.304 e. The summed E-state index contributed by atoms with van der Waals surface area (Å²) in [5.74, 6) is -1.30. The Hall–Kier alpha value is -0.730. The van der Waals surface area contributed by atoms with Crippen molar-refractivity contribution in [2.75, 3.05) is 13.2 Å². The van der Waals surface area contributed by atoms with Crippen molar-refractivity contribution >= 4 is 5.97 Å². The van der Waals surface area contributed by atoms with Gasteiger partial charge in [-0.15, -0.1) is 0 Å². The number of nitrogens with one attached hydrogen (secondary N) is 1. The summed E-state index contributed by atoms with van der Waals surface area (Å²) in [5.41, 5.74) is 0. The van der Waals surface area contributed by atoms with Crippen LogP contribution in [0.3, 0.4) is 0 Å². The number of ether oxygens (including phenoxy) is 1. The van der Waals surface area contributed by atoms with Gasteiger partial charge in [-0.2, -0.15) is 0 Å². The van der Waals surface area contributed by atoms with Gasteiger partial charge < -0.3 is 30.5 Å². The maximum atomic E-state index is 10.3. The predicted octanol–water partition coefficient (Wildman–Crippen LogP) is -1.87. The molecule has 100 valence electrons. The summed E-state index contributed by atoms with van der Waals surface area (Å²) in [6, 6.07) is -0.743. The summed E-state index contributed by atoms with van der Waals surface area (Å²) in [7, 11) is 0. The van der Waals surface area contributed by atoms with Crippen LogP contribution >= 0.6 is 0 Å². The van der Waals surface area contributed by atoms with Crippen LogP contribution in [0.4, 0.5) is 0 Å². The van der Waals surface area contributed by atoms with E-state index in [0.717, 1.165) is 0 Å². The van der Waals surface area contributed by atoms with E-state index < -0.39 is 30.5 Å². The van der Waals surface area contributed by atoms with E-state index in [1.807, 2.05) is 0 Å². The van der Waals surface area contributed by atoms with Crippen LogP contribution in [0.1, 0.15) is 13.3 Å². The molecule has 0 spiro atoms. The van der Waals surface area contributed by atoms with Gasteiger partial charge in [0.15, 0.2) is 6.29 Å². The van der Waals surface area contributed by atoms with Gasteiger partial charge in [0.2, 0.25) is 0 Å². The first-order chi connectivity index (χ1) is 7.97. The highest BCUT2D eigenvalue weighted by Crippen LogP contribution is 2.24. The molecule has 0 amide bonds. The molecule has 0 aromatic carbocycles. The number of rotatable bonds is 5. The fourth-order valence-corrected chi connectivity index (χ4v) is 1.88. The number of hydrogen-bond acceptors (Lipinski definition) is 6. The molecular weight excluding hydrogens is 230 g/mol. The molecule has 1 saturated heterocycles. The fourth-order valence-electron chi connectivity index (χ4n) is 1.88. The lowest BCUT2D eigenvalue weighted by Gasteiger charge is -2.41. The molecule has 1 heterocycles. The molecule has 5 unspecified atom stereocenters. The molecule has 0 aliphatic carbocycles. The van der Waals surface area contributed by atoms with Crippen molar-refractivity contribution in [1.29, 1.82) is 0 Å². The molecular formula is C10H19NO6. The number of aliphatic carboxylic acids is 1. The molecule has 5 N–H and O–H groups in total. The zero-order chi connectivity index (χ0) is 13.0. The Balaban J connectivity index is 2.51. The molecule has 17 heavy (non-hydrogen) atoms. The third-order valence-corrected chi connectivity index (χ3v) is 3.01. The van der Waals surface area contributed by atoms with Crippen molar-refractivity contribution in [2.45, 2.75) is 37.9 Å². The number of hydrogen-bond donors (Lipinski definition) is 5. The summed E-state index contributed by atoms with van der Waals surface area (Å²) >= 11 is 0. The first-order valence-electron chi connectivity index (χ1n) is 5.55. The van der Waals surface area contributed by atoms with E-state index in [0.29, 0.717) is 0 Å². The van der Waals surface area contributed by atoms with Gasteiger partial charge in [0.1, 0.15) is 0 Å². The predicted molar refractivity (Wildman–Crippen MR) is 57.2 cm³/mol. The van der Waals surface area contributed by atoms with Crippen molar-refractivity contribution in [1.82, 2.24) is 5.32 Å². The summed E-state index contributed by atoms with van der Waals surface area (Å²) in [6.07, 6.45) is -2.87. The number of carboxylic acids is 1. The van der Waals surface area contributed by atoms with E-state index in [1.165, 1.54) is 0 Å². The average Bonchev–Trinajstić information content (AvgIpc) is 2.27. The molecule has 0 aromatic heterocycles. The van der Waals surface area contributed by atoms with Gasteiger partial charge in [0, 0.05) is 12.5 Å². The average molecular weight is 249 g/mol. The first kappa shape index (κ1) is 14.3. The number of aliphatic hydroxyl groups is 3. The number of carbonyl (C=O) groups is 1. The van der Waals surface area contributed by atoms with E-state index >= 15 is 0 Å². The van der Waals surface area contributed by atoms with E-state index in [9.17, 15) is 15.0 Å². The van der Waals surface area contributed by atoms with Crippen LogP contribution < -0.4 is 5.32 Å². The summed E-state index contributed by atoms with van der Waals surface area (Å²) < 4.78 is 5.12. The second-order valence-corrected chi connectivity index (χ2v) is 4.22. The van der Waals surface area contributed by atoms with Gasteiger partial charge in [-0.1, -0.05) is 6.92 Å². The minimum Gasteiger partial charge on any atom is -0.481 e. The molecule has 1 fully saturated rings. The third kappa shape index (κ3) is 3.62. The maximum absolute atomic E-state index is 10.3. The maximum Gasteiger partial charge on any atom is 0.304 e. The second kappa shape index (κ2) is 6.27. The third-order valence-electron chi connectivity index (χ3n) is 3.01. The lowest BCUT2D eigenvalue weighted by molar-refractivity contribution is -0.235. The highest BCUT2D eigenvalue weighted by molar-refractivity contribution is 5.66.